The van der Waals surface area contributed by atoms with Crippen molar-refractivity contribution in [3.8, 4) is 11.6 Å². The lowest BCUT2D eigenvalue weighted by Crippen LogP contribution is -2.05. The SMILES string of the molecule is CCNc1cc(Oc2ccc(C)cc2Br)nc(COC)n1. The van der Waals surface area contributed by atoms with Crippen LogP contribution in [0.2, 0.25) is 0 Å². The Balaban J connectivity index is 2.29. The molecule has 112 valence electrons. The highest BCUT2D eigenvalue weighted by molar-refractivity contribution is 9.10. The van der Waals surface area contributed by atoms with Crippen LogP contribution in [0.5, 0.6) is 11.6 Å². The molecule has 1 N–H and O–H groups in total. The van der Waals surface area contributed by atoms with E-state index in [2.05, 4.69) is 31.2 Å². The van der Waals surface area contributed by atoms with Gasteiger partial charge >= 0.3 is 0 Å². The molecule has 0 spiro atoms. The van der Waals surface area contributed by atoms with Crippen LogP contribution in [-0.2, 0) is 11.3 Å². The topological polar surface area (TPSA) is 56.3 Å². The molecule has 2 rings (SSSR count). The standard InChI is InChI=1S/C15H18BrN3O2/c1-4-17-13-8-15(19-14(18-13)9-20-3)21-12-6-5-10(2)7-11(12)16/h5-8H,4,9H2,1-3H3,(H,17,18,19). The Morgan fingerprint density at radius 1 is 1.24 bits per heavy atom. The van der Waals surface area contributed by atoms with E-state index in [1.54, 1.807) is 13.2 Å². The summed E-state index contributed by atoms with van der Waals surface area (Å²) in [6.45, 7) is 5.15. The molecule has 1 aromatic carbocycles. The molecule has 21 heavy (non-hydrogen) atoms. The molecule has 1 aromatic heterocycles. The van der Waals surface area contributed by atoms with Crippen molar-refractivity contribution in [1.29, 1.82) is 0 Å². The monoisotopic (exact) mass is 351 g/mol. The Kier molecular flexibility index (Phi) is 5.52. The molecular weight excluding hydrogens is 334 g/mol. The van der Waals surface area contributed by atoms with Crippen LogP contribution in [0.4, 0.5) is 5.82 Å². The van der Waals surface area contributed by atoms with Gasteiger partial charge < -0.3 is 14.8 Å². The number of hydrogen-bond donors (Lipinski definition) is 1. The molecule has 0 saturated heterocycles. The van der Waals surface area contributed by atoms with Crippen molar-refractivity contribution >= 4 is 21.7 Å². The van der Waals surface area contributed by atoms with Crippen molar-refractivity contribution in [2.45, 2.75) is 20.5 Å². The molecule has 0 unspecified atom stereocenters. The van der Waals surface area contributed by atoms with Gasteiger partial charge in [0.25, 0.3) is 0 Å². The first kappa shape index (κ1) is 15.7. The van der Waals surface area contributed by atoms with E-state index in [1.807, 2.05) is 32.0 Å². The van der Waals surface area contributed by atoms with Gasteiger partial charge in [-0.15, -0.1) is 0 Å². The summed E-state index contributed by atoms with van der Waals surface area (Å²) in [7, 11) is 1.61. The summed E-state index contributed by atoms with van der Waals surface area (Å²) in [5, 5.41) is 3.16. The van der Waals surface area contributed by atoms with Crippen LogP contribution in [0.1, 0.15) is 18.3 Å². The van der Waals surface area contributed by atoms with Crippen LogP contribution in [0.15, 0.2) is 28.7 Å². The fraction of sp³-hybridized carbons (Fsp3) is 0.333. The maximum absolute atomic E-state index is 5.84. The molecule has 0 amide bonds. The molecular formula is C15H18BrN3O2. The number of methoxy groups -OCH3 is 1. The van der Waals surface area contributed by atoms with Crippen molar-refractivity contribution in [3.05, 3.63) is 40.1 Å². The third-order valence-electron chi connectivity index (χ3n) is 2.68. The largest absolute Gasteiger partial charge is 0.438 e. The molecule has 1 heterocycles. The van der Waals surface area contributed by atoms with Crippen molar-refractivity contribution in [1.82, 2.24) is 9.97 Å². The van der Waals surface area contributed by atoms with Crippen molar-refractivity contribution in [2.75, 3.05) is 19.0 Å². The fourth-order valence-corrected chi connectivity index (χ4v) is 2.37. The van der Waals surface area contributed by atoms with E-state index in [0.717, 1.165) is 22.4 Å². The molecule has 0 bridgehead atoms. The lowest BCUT2D eigenvalue weighted by atomic mass is 10.2. The maximum Gasteiger partial charge on any atom is 0.224 e. The second-order valence-electron chi connectivity index (χ2n) is 4.51. The number of nitrogens with one attached hydrogen (secondary N) is 1. The van der Waals surface area contributed by atoms with Crippen LogP contribution in [0.25, 0.3) is 0 Å². The van der Waals surface area contributed by atoms with Crippen LogP contribution >= 0.6 is 15.9 Å². The highest BCUT2D eigenvalue weighted by Gasteiger charge is 2.08. The predicted octanol–water partition coefficient (Wildman–Crippen LogP) is 3.92. The third kappa shape index (κ3) is 4.41. The first-order valence-electron chi connectivity index (χ1n) is 6.67. The Hall–Kier alpha value is -1.66. The summed E-state index contributed by atoms with van der Waals surface area (Å²) < 4.78 is 11.8. The van der Waals surface area contributed by atoms with Crippen molar-refractivity contribution in [3.63, 3.8) is 0 Å². The summed E-state index contributed by atoms with van der Waals surface area (Å²) in [5.74, 6) is 2.50. The van der Waals surface area contributed by atoms with Gasteiger partial charge in [0.1, 0.15) is 18.2 Å². The number of hydrogen-bond acceptors (Lipinski definition) is 5. The molecule has 6 heteroatoms. The first-order chi connectivity index (χ1) is 10.1. The highest BCUT2D eigenvalue weighted by Crippen LogP contribution is 2.30. The molecule has 2 aromatic rings. The number of rotatable bonds is 6. The summed E-state index contributed by atoms with van der Waals surface area (Å²) in [6, 6.07) is 7.67. The smallest absolute Gasteiger partial charge is 0.224 e. The minimum Gasteiger partial charge on any atom is -0.438 e. The number of aromatic nitrogens is 2. The van der Waals surface area contributed by atoms with E-state index in [-0.39, 0.29) is 0 Å². The zero-order valence-corrected chi connectivity index (χ0v) is 13.9. The van der Waals surface area contributed by atoms with Gasteiger partial charge in [0.2, 0.25) is 5.88 Å². The van der Waals surface area contributed by atoms with Crippen molar-refractivity contribution in [2.24, 2.45) is 0 Å². The van der Waals surface area contributed by atoms with Crippen LogP contribution in [0, 0.1) is 6.92 Å². The molecule has 0 aliphatic heterocycles. The number of aryl methyl sites for hydroxylation is 1. The van der Waals surface area contributed by atoms with Gasteiger partial charge in [0.15, 0.2) is 5.82 Å². The summed E-state index contributed by atoms with van der Waals surface area (Å²) >= 11 is 3.49. The Labute approximate surface area is 132 Å². The Bertz CT molecular complexity index is 596. The van der Waals surface area contributed by atoms with E-state index in [4.69, 9.17) is 9.47 Å². The number of halogens is 1. The van der Waals surface area contributed by atoms with Gasteiger partial charge in [0, 0.05) is 19.7 Å². The number of nitrogens with zero attached hydrogens (tertiary/aromatic N) is 2. The summed E-state index contributed by atoms with van der Waals surface area (Å²) in [5.41, 5.74) is 1.16. The average molecular weight is 352 g/mol. The van der Waals surface area contributed by atoms with E-state index >= 15 is 0 Å². The average Bonchev–Trinajstić information content (AvgIpc) is 2.42. The van der Waals surface area contributed by atoms with E-state index < -0.39 is 0 Å². The second-order valence-corrected chi connectivity index (χ2v) is 5.36. The number of ether oxygens (including phenoxy) is 2. The molecule has 0 aliphatic rings. The normalized spacial score (nSPS) is 10.5. The quantitative estimate of drug-likeness (QED) is 0.854. The molecule has 0 fully saturated rings. The first-order valence-corrected chi connectivity index (χ1v) is 7.46. The highest BCUT2D eigenvalue weighted by atomic mass is 79.9. The zero-order valence-electron chi connectivity index (χ0n) is 12.3. The van der Waals surface area contributed by atoms with Gasteiger partial charge in [-0.1, -0.05) is 6.07 Å². The van der Waals surface area contributed by atoms with E-state index in [1.165, 1.54) is 0 Å². The minimum atomic E-state index is 0.338. The van der Waals surface area contributed by atoms with E-state index in [0.29, 0.717) is 24.1 Å². The lowest BCUT2D eigenvalue weighted by molar-refractivity contribution is 0.177. The Morgan fingerprint density at radius 2 is 2.05 bits per heavy atom. The Morgan fingerprint density at radius 3 is 2.71 bits per heavy atom. The molecule has 0 aliphatic carbocycles. The van der Waals surface area contributed by atoms with Crippen LogP contribution in [-0.4, -0.2) is 23.6 Å². The summed E-state index contributed by atoms with van der Waals surface area (Å²) in [4.78, 5) is 8.70. The third-order valence-corrected chi connectivity index (χ3v) is 3.30. The zero-order chi connectivity index (χ0) is 15.2. The minimum absolute atomic E-state index is 0.338. The molecule has 5 nitrogen and oxygen atoms in total. The number of anilines is 1. The van der Waals surface area contributed by atoms with Gasteiger partial charge in [-0.2, -0.15) is 4.98 Å². The fourth-order valence-electron chi connectivity index (χ4n) is 1.79. The van der Waals surface area contributed by atoms with E-state index in [9.17, 15) is 0 Å². The second kappa shape index (κ2) is 7.38. The molecule has 0 atom stereocenters. The van der Waals surface area contributed by atoms with Gasteiger partial charge in [-0.3, -0.25) is 0 Å². The summed E-state index contributed by atoms with van der Waals surface area (Å²) in [6.07, 6.45) is 0. The lowest BCUT2D eigenvalue weighted by Gasteiger charge is -2.11. The number of benzene rings is 1. The molecule has 0 radical (unpaired) electrons. The van der Waals surface area contributed by atoms with Gasteiger partial charge in [-0.05, 0) is 47.5 Å². The van der Waals surface area contributed by atoms with Gasteiger partial charge in [0.05, 0.1) is 4.47 Å². The van der Waals surface area contributed by atoms with Crippen LogP contribution < -0.4 is 10.1 Å². The molecule has 0 saturated carbocycles. The van der Waals surface area contributed by atoms with Crippen molar-refractivity contribution < 1.29 is 9.47 Å². The van der Waals surface area contributed by atoms with Crippen LogP contribution in [0.3, 0.4) is 0 Å². The maximum atomic E-state index is 5.84. The predicted molar refractivity (Wildman–Crippen MR) is 85.9 cm³/mol. The van der Waals surface area contributed by atoms with Gasteiger partial charge in [-0.25, -0.2) is 4.98 Å².